The fraction of sp³-hybridized carbons (Fsp3) is 0.444. The third kappa shape index (κ3) is 3.53. The van der Waals surface area contributed by atoms with E-state index in [4.69, 9.17) is 9.47 Å². The van der Waals surface area contributed by atoms with Crippen LogP contribution in [0.2, 0.25) is 0 Å². The van der Waals surface area contributed by atoms with Crippen LogP contribution in [0.15, 0.2) is 35.5 Å². The van der Waals surface area contributed by atoms with Gasteiger partial charge in [0.15, 0.2) is 0 Å². The van der Waals surface area contributed by atoms with Gasteiger partial charge in [-0.1, -0.05) is 25.1 Å². The first-order valence-electron chi connectivity index (χ1n) is 8.15. The van der Waals surface area contributed by atoms with Gasteiger partial charge in [-0.05, 0) is 26.3 Å². The molecular formula is C18H24N2O4. The van der Waals surface area contributed by atoms with E-state index in [-0.39, 0.29) is 12.6 Å². The Hall–Kier alpha value is -2.50. The predicted molar refractivity (Wildman–Crippen MR) is 90.6 cm³/mol. The molecule has 1 atom stereocenters. The van der Waals surface area contributed by atoms with E-state index in [1.54, 1.807) is 20.9 Å². The summed E-state index contributed by atoms with van der Waals surface area (Å²) < 4.78 is 11.0. The van der Waals surface area contributed by atoms with E-state index in [0.717, 1.165) is 12.0 Å². The van der Waals surface area contributed by atoms with Gasteiger partial charge < -0.3 is 19.7 Å². The lowest BCUT2D eigenvalue weighted by Crippen LogP contribution is -2.46. The van der Waals surface area contributed by atoms with E-state index in [1.165, 1.54) is 4.90 Å². The summed E-state index contributed by atoms with van der Waals surface area (Å²) in [6.45, 7) is 6.36. The smallest absolute Gasteiger partial charge is 0.338 e. The number of hydrogen-bond acceptors (Lipinski definition) is 4. The Morgan fingerprint density at radius 1 is 1.29 bits per heavy atom. The van der Waals surface area contributed by atoms with E-state index in [1.807, 2.05) is 31.2 Å². The first-order chi connectivity index (χ1) is 11.5. The zero-order chi connectivity index (χ0) is 17.7. The maximum absolute atomic E-state index is 12.5. The quantitative estimate of drug-likeness (QED) is 0.813. The summed E-state index contributed by atoms with van der Waals surface area (Å²) in [6.07, 6.45) is 0.869. The van der Waals surface area contributed by atoms with Crippen molar-refractivity contribution in [3.05, 3.63) is 41.1 Å². The van der Waals surface area contributed by atoms with Crippen LogP contribution in [-0.2, 0) is 9.53 Å². The number of amides is 2. The van der Waals surface area contributed by atoms with Crippen LogP contribution >= 0.6 is 0 Å². The molecule has 0 unspecified atom stereocenters. The van der Waals surface area contributed by atoms with Gasteiger partial charge in [0, 0.05) is 18.3 Å². The highest BCUT2D eigenvalue weighted by atomic mass is 16.5. The summed E-state index contributed by atoms with van der Waals surface area (Å²) in [5.41, 5.74) is 1.74. The van der Waals surface area contributed by atoms with Crippen molar-refractivity contribution in [2.45, 2.75) is 33.2 Å². The van der Waals surface area contributed by atoms with Crippen LogP contribution in [0.5, 0.6) is 5.75 Å². The molecule has 0 spiro atoms. The van der Waals surface area contributed by atoms with E-state index in [9.17, 15) is 9.59 Å². The number of nitrogens with one attached hydrogen (secondary N) is 1. The summed E-state index contributed by atoms with van der Waals surface area (Å²) >= 11 is 0. The van der Waals surface area contributed by atoms with Crippen LogP contribution in [-0.4, -0.2) is 37.2 Å². The summed E-state index contributed by atoms with van der Waals surface area (Å²) in [4.78, 5) is 26.1. The number of ether oxygens (including phenoxy) is 2. The second kappa shape index (κ2) is 7.86. The lowest BCUT2D eigenvalue weighted by molar-refractivity contribution is -0.139. The minimum Gasteiger partial charge on any atom is -0.493 e. The second-order valence-electron chi connectivity index (χ2n) is 5.55. The highest BCUT2D eigenvalue weighted by Crippen LogP contribution is 2.35. The highest BCUT2D eigenvalue weighted by Gasteiger charge is 2.36. The average molecular weight is 332 g/mol. The van der Waals surface area contributed by atoms with Crippen molar-refractivity contribution < 1.29 is 19.1 Å². The molecule has 130 valence electrons. The van der Waals surface area contributed by atoms with Gasteiger partial charge in [-0.25, -0.2) is 9.59 Å². The van der Waals surface area contributed by atoms with Crippen LogP contribution in [0.3, 0.4) is 0 Å². The molecule has 2 rings (SSSR count). The Morgan fingerprint density at radius 2 is 2.00 bits per heavy atom. The van der Waals surface area contributed by atoms with Crippen molar-refractivity contribution in [2.24, 2.45) is 0 Å². The Labute approximate surface area is 142 Å². The molecule has 0 aliphatic carbocycles. The number of allylic oxidation sites excluding steroid dienone is 1. The summed E-state index contributed by atoms with van der Waals surface area (Å²) in [7, 11) is 1.62. The van der Waals surface area contributed by atoms with Gasteiger partial charge in [0.1, 0.15) is 5.75 Å². The van der Waals surface area contributed by atoms with Gasteiger partial charge >= 0.3 is 12.0 Å². The van der Waals surface area contributed by atoms with E-state index >= 15 is 0 Å². The number of rotatable bonds is 6. The van der Waals surface area contributed by atoms with Gasteiger partial charge in [0.25, 0.3) is 0 Å². The van der Waals surface area contributed by atoms with Gasteiger partial charge in [-0.2, -0.15) is 0 Å². The molecule has 0 bridgehead atoms. The SMILES string of the molecule is CCCOc1ccccc1[C@@H]1NC(=O)N(C)C(C)=C1C(=O)OCC. The number of urea groups is 1. The molecule has 0 radical (unpaired) electrons. The standard InChI is InChI=1S/C18H24N2O4/c1-5-11-24-14-10-8-7-9-13(14)16-15(17(21)23-6-2)12(3)20(4)18(22)19-16/h7-10,16H,5-6,11H2,1-4H3,(H,19,22)/t16-/m0/s1. The van der Waals surface area contributed by atoms with Crippen LogP contribution < -0.4 is 10.1 Å². The van der Waals surface area contributed by atoms with E-state index in [0.29, 0.717) is 23.6 Å². The normalized spacial score (nSPS) is 17.6. The Bertz CT molecular complexity index is 654. The minimum absolute atomic E-state index is 0.268. The van der Waals surface area contributed by atoms with Gasteiger partial charge in [-0.3, -0.25) is 0 Å². The molecular weight excluding hydrogens is 308 g/mol. The lowest BCUT2D eigenvalue weighted by atomic mass is 9.94. The van der Waals surface area contributed by atoms with Crippen molar-refractivity contribution in [2.75, 3.05) is 20.3 Å². The molecule has 0 fully saturated rings. The topological polar surface area (TPSA) is 67.9 Å². The zero-order valence-electron chi connectivity index (χ0n) is 14.6. The molecule has 6 heteroatoms. The zero-order valence-corrected chi connectivity index (χ0v) is 14.6. The molecule has 1 aliphatic heterocycles. The molecule has 1 aromatic rings. The minimum atomic E-state index is -0.596. The molecule has 24 heavy (non-hydrogen) atoms. The number of carbonyl (C=O) groups is 2. The first kappa shape index (κ1) is 17.8. The third-order valence-corrected chi connectivity index (χ3v) is 3.94. The number of hydrogen-bond donors (Lipinski definition) is 1. The second-order valence-corrected chi connectivity index (χ2v) is 5.55. The molecule has 1 N–H and O–H groups in total. The molecule has 2 amide bonds. The van der Waals surface area contributed by atoms with Crippen molar-refractivity contribution in [1.82, 2.24) is 10.2 Å². The van der Waals surface area contributed by atoms with Gasteiger partial charge in [0.2, 0.25) is 0 Å². The third-order valence-electron chi connectivity index (χ3n) is 3.94. The first-order valence-corrected chi connectivity index (χ1v) is 8.15. The molecule has 1 heterocycles. The largest absolute Gasteiger partial charge is 0.493 e. The van der Waals surface area contributed by atoms with Crippen LogP contribution in [0, 0.1) is 0 Å². The van der Waals surface area contributed by atoms with E-state index < -0.39 is 12.0 Å². The summed E-state index contributed by atoms with van der Waals surface area (Å²) in [5.74, 6) is 0.223. The monoisotopic (exact) mass is 332 g/mol. The molecule has 6 nitrogen and oxygen atoms in total. The fourth-order valence-electron chi connectivity index (χ4n) is 2.60. The Kier molecular flexibility index (Phi) is 5.84. The van der Waals surface area contributed by atoms with Crippen molar-refractivity contribution in [3.8, 4) is 5.75 Å². The molecule has 1 aromatic carbocycles. The average Bonchev–Trinajstić information content (AvgIpc) is 2.58. The van der Waals surface area contributed by atoms with Crippen molar-refractivity contribution in [1.29, 1.82) is 0 Å². The Morgan fingerprint density at radius 3 is 2.67 bits per heavy atom. The molecule has 0 saturated carbocycles. The maximum atomic E-state index is 12.5. The van der Waals surface area contributed by atoms with Crippen LogP contribution in [0.25, 0.3) is 0 Å². The van der Waals surface area contributed by atoms with Gasteiger partial charge in [-0.15, -0.1) is 0 Å². The number of para-hydroxylation sites is 1. The number of esters is 1. The maximum Gasteiger partial charge on any atom is 0.338 e. The highest BCUT2D eigenvalue weighted by molar-refractivity contribution is 5.95. The summed E-state index contributed by atoms with van der Waals surface area (Å²) in [6, 6.07) is 6.56. The molecule has 0 saturated heterocycles. The predicted octanol–water partition coefficient (Wildman–Crippen LogP) is 3.01. The van der Waals surface area contributed by atoms with Crippen LogP contribution in [0.4, 0.5) is 4.79 Å². The molecule has 1 aliphatic rings. The van der Waals surface area contributed by atoms with E-state index in [2.05, 4.69) is 5.32 Å². The van der Waals surface area contributed by atoms with Crippen molar-refractivity contribution >= 4 is 12.0 Å². The number of nitrogens with zero attached hydrogens (tertiary/aromatic N) is 1. The summed E-state index contributed by atoms with van der Waals surface area (Å²) in [5, 5.41) is 2.87. The molecule has 0 aromatic heterocycles. The Balaban J connectivity index is 2.50. The van der Waals surface area contributed by atoms with Crippen LogP contribution in [0.1, 0.15) is 38.8 Å². The van der Waals surface area contributed by atoms with Gasteiger partial charge in [0.05, 0.1) is 24.8 Å². The fourth-order valence-corrected chi connectivity index (χ4v) is 2.60. The number of carbonyl (C=O) groups excluding carboxylic acids is 2. The lowest BCUT2D eigenvalue weighted by Gasteiger charge is -2.33. The number of benzene rings is 1. The van der Waals surface area contributed by atoms with Crippen molar-refractivity contribution in [3.63, 3.8) is 0 Å².